The molecule has 1 aliphatic heterocycles. The number of carbonyl (C=O) groups excluding carboxylic acids is 2. The minimum Gasteiger partial charge on any atom is -0.484 e. The number of anilines is 2. The molecule has 0 spiro atoms. The number of rotatable bonds is 6. The van der Waals surface area contributed by atoms with Gasteiger partial charge < -0.3 is 14.8 Å². The second-order valence-electron chi connectivity index (χ2n) is 9.44. The molecule has 0 unspecified atom stereocenters. The van der Waals surface area contributed by atoms with E-state index in [1.807, 2.05) is 0 Å². The van der Waals surface area contributed by atoms with Gasteiger partial charge in [-0.25, -0.2) is 17.6 Å². The molecule has 0 radical (unpaired) electrons. The third kappa shape index (κ3) is 6.62. The van der Waals surface area contributed by atoms with Crippen molar-refractivity contribution in [3.05, 3.63) is 48.3 Å². The third-order valence-electron chi connectivity index (χ3n) is 4.97. The van der Waals surface area contributed by atoms with E-state index in [1.165, 1.54) is 24.3 Å². The van der Waals surface area contributed by atoms with Crippen molar-refractivity contribution >= 4 is 33.4 Å². The molecule has 2 N–H and O–H groups in total. The van der Waals surface area contributed by atoms with Crippen molar-refractivity contribution in [1.29, 1.82) is 0 Å². The number of benzene rings is 2. The lowest BCUT2D eigenvalue weighted by Gasteiger charge is -2.36. The number of hydrogen-bond acceptors (Lipinski definition) is 6. The van der Waals surface area contributed by atoms with Crippen LogP contribution in [0.3, 0.4) is 0 Å². The van der Waals surface area contributed by atoms with Crippen molar-refractivity contribution in [1.82, 2.24) is 5.32 Å². The van der Waals surface area contributed by atoms with Gasteiger partial charge in [0.1, 0.15) is 23.3 Å². The van der Waals surface area contributed by atoms with Gasteiger partial charge in [0.25, 0.3) is 10.0 Å². The fourth-order valence-electron chi connectivity index (χ4n) is 3.30. The number of nitrogens with one attached hydrogen (secondary N) is 2. The second kappa shape index (κ2) is 10.1. The van der Waals surface area contributed by atoms with Crippen molar-refractivity contribution in [3.8, 4) is 5.75 Å². The lowest BCUT2D eigenvalue weighted by Crippen LogP contribution is -2.48. The zero-order valence-electron chi connectivity index (χ0n) is 20.3. The number of hydrogen-bond donors (Lipinski definition) is 2. The number of sulfonamides is 1. The molecule has 3 rings (SSSR count). The van der Waals surface area contributed by atoms with Gasteiger partial charge in [-0.15, -0.1) is 0 Å². The van der Waals surface area contributed by atoms with Crippen LogP contribution in [0.25, 0.3) is 0 Å². The Morgan fingerprint density at radius 3 is 2.43 bits per heavy atom. The fraction of sp³-hybridized carbons (Fsp3) is 0.417. The topological polar surface area (TPSA) is 114 Å². The minimum absolute atomic E-state index is 0.0871. The summed E-state index contributed by atoms with van der Waals surface area (Å²) in [5.74, 6) is -0.749. The van der Waals surface area contributed by atoms with Gasteiger partial charge >= 0.3 is 6.09 Å². The summed E-state index contributed by atoms with van der Waals surface area (Å²) in [7, 11) is -4.12. The predicted octanol–water partition coefficient (Wildman–Crippen LogP) is 3.90. The van der Waals surface area contributed by atoms with Crippen molar-refractivity contribution < 1.29 is 31.9 Å². The Hall–Kier alpha value is -3.34. The molecule has 0 bridgehead atoms. The van der Waals surface area contributed by atoms with Gasteiger partial charge in [-0.2, -0.15) is 0 Å². The van der Waals surface area contributed by atoms with Gasteiger partial charge in [0.15, 0.2) is 0 Å². The molecule has 2 aromatic carbocycles. The Morgan fingerprint density at radius 1 is 1.17 bits per heavy atom. The molecule has 0 saturated carbocycles. The zero-order chi connectivity index (χ0) is 26.0. The summed E-state index contributed by atoms with van der Waals surface area (Å²) in [6, 6.07) is 9.04. The summed E-state index contributed by atoms with van der Waals surface area (Å²) >= 11 is 0. The summed E-state index contributed by atoms with van der Waals surface area (Å²) in [6.45, 7) is 8.64. The highest BCUT2D eigenvalue weighted by molar-refractivity contribution is 7.92. The van der Waals surface area contributed by atoms with Crippen LogP contribution in [-0.4, -0.2) is 45.2 Å². The summed E-state index contributed by atoms with van der Waals surface area (Å²) in [5.41, 5.74) is -0.228. The molecule has 11 heteroatoms. The second-order valence-corrected chi connectivity index (χ2v) is 11.3. The van der Waals surface area contributed by atoms with Crippen LogP contribution in [0.2, 0.25) is 0 Å². The molecular weight excluding hydrogens is 477 g/mol. The van der Waals surface area contributed by atoms with Gasteiger partial charge in [0.2, 0.25) is 5.91 Å². The molecule has 1 aliphatic rings. The summed E-state index contributed by atoms with van der Waals surface area (Å²) in [4.78, 5) is 24.1. The number of nitrogens with zero attached hydrogens (tertiary/aromatic N) is 1. The fourth-order valence-corrected chi connectivity index (χ4v) is 4.80. The van der Waals surface area contributed by atoms with Crippen molar-refractivity contribution in [3.63, 3.8) is 0 Å². The van der Waals surface area contributed by atoms with E-state index in [9.17, 15) is 22.4 Å². The molecule has 35 heavy (non-hydrogen) atoms. The maximum absolute atomic E-state index is 13.5. The van der Waals surface area contributed by atoms with Gasteiger partial charge in [0, 0.05) is 11.6 Å². The molecule has 2 amide bonds. The standard InChI is InChI=1S/C24H30FN3O6S/c1-15(2)22(29)26-13-18-14-28(35(31,32)19-9-6-16(25)7-10-19)20-12-17(8-11-21(20)33-18)27-23(30)34-24(3,4)5/h6-12,15,18H,13-14H2,1-5H3,(H,26,29)(H,27,30)/t18-/m0/s1. The SMILES string of the molecule is CC(C)C(=O)NC[C@H]1CN(S(=O)(=O)c2ccc(F)cc2)c2cc(NC(=O)OC(C)(C)C)ccc2O1. The highest BCUT2D eigenvalue weighted by Gasteiger charge is 2.35. The van der Waals surface area contributed by atoms with Gasteiger partial charge in [-0.3, -0.25) is 14.4 Å². The number of fused-ring (bicyclic) bond motifs is 1. The van der Waals surface area contributed by atoms with Gasteiger partial charge in [-0.1, -0.05) is 13.8 Å². The quantitative estimate of drug-likeness (QED) is 0.613. The van der Waals surface area contributed by atoms with Crippen molar-refractivity contribution in [2.45, 2.75) is 51.2 Å². The Labute approximate surface area is 204 Å². The number of halogens is 1. The van der Waals surface area contributed by atoms with E-state index in [1.54, 1.807) is 40.7 Å². The van der Waals surface area contributed by atoms with Crippen LogP contribution >= 0.6 is 0 Å². The molecule has 1 heterocycles. The van der Waals surface area contributed by atoms with Crippen molar-refractivity contribution in [2.75, 3.05) is 22.7 Å². The first-order valence-electron chi connectivity index (χ1n) is 11.1. The zero-order valence-corrected chi connectivity index (χ0v) is 21.1. The highest BCUT2D eigenvalue weighted by Crippen LogP contribution is 2.39. The van der Waals surface area contributed by atoms with E-state index < -0.39 is 33.6 Å². The van der Waals surface area contributed by atoms with Crippen LogP contribution in [0.1, 0.15) is 34.6 Å². The first-order valence-corrected chi connectivity index (χ1v) is 12.6. The molecule has 0 aliphatic carbocycles. The minimum atomic E-state index is -4.12. The third-order valence-corrected chi connectivity index (χ3v) is 6.76. The molecule has 1 atom stereocenters. The van der Waals surface area contributed by atoms with Crippen molar-refractivity contribution in [2.24, 2.45) is 5.92 Å². The van der Waals surface area contributed by atoms with E-state index in [2.05, 4.69) is 10.6 Å². The molecule has 2 aromatic rings. The van der Waals surface area contributed by atoms with Gasteiger partial charge in [-0.05, 0) is 63.2 Å². The lowest BCUT2D eigenvalue weighted by molar-refractivity contribution is -0.124. The first kappa shape index (κ1) is 26.3. The van der Waals surface area contributed by atoms with E-state index >= 15 is 0 Å². The average molecular weight is 508 g/mol. The Kier molecular flexibility index (Phi) is 7.59. The summed E-state index contributed by atoms with van der Waals surface area (Å²) in [5, 5.41) is 5.34. The van der Waals surface area contributed by atoms with Gasteiger partial charge in [0.05, 0.1) is 23.7 Å². The maximum atomic E-state index is 13.5. The number of ether oxygens (including phenoxy) is 2. The molecule has 0 aromatic heterocycles. The molecule has 0 fully saturated rings. The van der Waals surface area contributed by atoms with E-state index in [-0.39, 0.29) is 41.2 Å². The van der Waals surface area contributed by atoms with Crippen LogP contribution in [0.4, 0.5) is 20.6 Å². The lowest BCUT2D eigenvalue weighted by atomic mass is 10.2. The average Bonchev–Trinajstić information content (AvgIpc) is 2.75. The van der Waals surface area contributed by atoms with E-state index in [0.717, 1.165) is 16.4 Å². The van der Waals surface area contributed by atoms with Crippen LogP contribution in [-0.2, 0) is 19.6 Å². The normalized spacial score (nSPS) is 15.7. The molecule has 9 nitrogen and oxygen atoms in total. The van der Waals surface area contributed by atoms with E-state index in [0.29, 0.717) is 5.69 Å². The Morgan fingerprint density at radius 2 is 1.83 bits per heavy atom. The largest absolute Gasteiger partial charge is 0.484 e. The molecular formula is C24H30FN3O6S. The maximum Gasteiger partial charge on any atom is 0.412 e. The Bertz CT molecular complexity index is 1190. The van der Waals surface area contributed by atoms with Crippen LogP contribution in [0.5, 0.6) is 5.75 Å². The predicted molar refractivity (Wildman–Crippen MR) is 129 cm³/mol. The van der Waals surface area contributed by atoms with Crippen LogP contribution in [0.15, 0.2) is 47.4 Å². The highest BCUT2D eigenvalue weighted by atomic mass is 32.2. The van der Waals surface area contributed by atoms with Crippen LogP contribution < -0.4 is 19.7 Å². The smallest absolute Gasteiger partial charge is 0.412 e. The Balaban J connectivity index is 1.95. The summed E-state index contributed by atoms with van der Waals surface area (Å²) in [6.07, 6.45) is -1.37. The summed E-state index contributed by atoms with van der Waals surface area (Å²) < 4.78 is 52.8. The van der Waals surface area contributed by atoms with Crippen LogP contribution in [0, 0.1) is 11.7 Å². The van der Waals surface area contributed by atoms with E-state index in [4.69, 9.17) is 9.47 Å². The molecule has 0 saturated heterocycles. The first-order chi connectivity index (χ1) is 16.3. The molecule has 190 valence electrons. The number of carbonyl (C=O) groups is 2. The number of amides is 2. The monoisotopic (exact) mass is 507 g/mol.